The Hall–Kier alpha value is -3.36. The highest BCUT2D eigenvalue weighted by atomic mass is 35.5. The Morgan fingerprint density at radius 3 is 2.42 bits per heavy atom. The van der Waals surface area contributed by atoms with E-state index in [1.807, 2.05) is 5.38 Å². The molecule has 0 fully saturated rings. The van der Waals surface area contributed by atoms with Crippen LogP contribution in [-0.4, -0.2) is 31.0 Å². The molecule has 160 valence electrons. The van der Waals surface area contributed by atoms with Gasteiger partial charge in [0.2, 0.25) is 0 Å². The topological polar surface area (TPSA) is 93.7 Å². The molecular weight excluding hydrogens is 440 g/mol. The molecule has 1 atom stereocenters. The van der Waals surface area contributed by atoms with Crippen molar-refractivity contribution in [1.29, 1.82) is 0 Å². The van der Waals surface area contributed by atoms with Crippen LogP contribution in [0.1, 0.15) is 27.0 Å². The first-order valence-corrected chi connectivity index (χ1v) is 10.4. The number of hydrogen-bond acceptors (Lipinski definition) is 6. The average Bonchev–Trinajstić information content (AvgIpc) is 3.29. The van der Waals surface area contributed by atoms with Gasteiger partial charge in [-0.3, -0.25) is 9.59 Å². The van der Waals surface area contributed by atoms with Crippen LogP contribution in [0.5, 0.6) is 5.75 Å². The van der Waals surface area contributed by atoms with Crippen molar-refractivity contribution in [3.63, 3.8) is 0 Å². The lowest BCUT2D eigenvalue weighted by Crippen LogP contribution is -2.30. The summed E-state index contributed by atoms with van der Waals surface area (Å²) in [6, 6.07) is 14.5. The average molecular weight is 459 g/mol. The molecule has 0 spiro atoms. The summed E-state index contributed by atoms with van der Waals surface area (Å²) in [6.45, 7) is 1.46. The van der Waals surface area contributed by atoms with Gasteiger partial charge in [0.1, 0.15) is 5.75 Å². The summed E-state index contributed by atoms with van der Waals surface area (Å²) in [5.41, 5.74) is 1.15. The summed E-state index contributed by atoms with van der Waals surface area (Å²) in [5.74, 6) is -1.01. The van der Waals surface area contributed by atoms with E-state index in [0.717, 1.165) is 0 Å². The molecule has 2 N–H and O–H groups in total. The Morgan fingerprint density at radius 2 is 1.77 bits per heavy atom. The molecule has 3 rings (SSSR count). The number of anilines is 2. The van der Waals surface area contributed by atoms with E-state index in [1.165, 1.54) is 43.6 Å². The Morgan fingerprint density at radius 1 is 1.03 bits per heavy atom. The number of thiophene rings is 1. The van der Waals surface area contributed by atoms with Crippen molar-refractivity contribution in [2.24, 2.45) is 0 Å². The molecule has 31 heavy (non-hydrogen) atoms. The maximum absolute atomic E-state index is 12.4. The van der Waals surface area contributed by atoms with E-state index in [1.54, 1.807) is 36.4 Å². The molecular formula is C22H19ClN2O5S. The summed E-state index contributed by atoms with van der Waals surface area (Å²) in [4.78, 5) is 37.4. The highest BCUT2D eigenvalue weighted by Gasteiger charge is 2.20. The molecule has 7 nitrogen and oxygen atoms in total. The van der Waals surface area contributed by atoms with Crippen LogP contribution in [0.3, 0.4) is 0 Å². The highest BCUT2D eigenvalue weighted by molar-refractivity contribution is 7.12. The summed E-state index contributed by atoms with van der Waals surface area (Å²) in [6.07, 6.45) is -1.06. The number of ether oxygens (including phenoxy) is 2. The summed E-state index contributed by atoms with van der Waals surface area (Å²) < 4.78 is 10.4. The third kappa shape index (κ3) is 5.84. The first-order chi connectivity index (χ1) is 14.9. The maximum atomic E-state index is 12.4. The van der Waals surface area contributed by atoms with Gasteiger partial charge in [0.15, 0.2) is 6.10 Å². The van der Waals surface area contributed by atoms with Gasteiger partial charge in [0.05, 0.1) is 23.2 Å². The zero-order valence-corrected chi connectivity index (χ0v) is 18.3. The van der Waals surface area contributed by atoms with Gasteiger partial charge >= 0.3 is 5.97 Å². The van der Waals surface area contributed by atoms with Crippen LogP contribution in [0.2, 0.25) is 5.02 Å². The van der Waals surface area contributed by atoms with Gasteiger partial charge in [-0.2, -0.15) is 0 Å². The zero-order valence-electron chi connectivity index (χ0n) is 16.7. The molecule has 0 radical (unpaired) electrons. The second-order valence-electron chi connectivity index (χ2n) is 6.39. The van der Waals surface area contributed by atoms with Gasteiger partial charge in [-0.15, -0.1) is 11.3 Å². The molecule has 0 aliphatic rings. The van der Waals surface area contributed by atoms with E-state index in [9.17, 15) is 14.4 Å². The normalized spacial score (nSPS) is 11.3. The molecule has 3 aromatic rings. The predicted molar refractivity (Wildman–Crippen MR) is 120 cm³/mol. The van der Waals surface area contributed by atoms with E-state index in [2.05, 4.69) is 10.6 Å². The number of nitrogens with one attached hydrogen (secondary N) is 2. The van der Waals surface area contributed by atoms with Crippen molar-refractivity contribution in [2.75, 3.05) is 17.7 Å². The standard InChI is InChI=1S/C22H19ClN2O5S/c1-13(20(26)25-17-12-15(23)7-10-18(17)29-2)30-22(28)14-5-8-16(9-6-14)24-21(27)19-4-3-11-31-19/h3-13H,1-2H3,(H,24,27)(H,25,26). The van der Waals surface area contributed by atoms with Crippen LogP contribution in [-0.2, 0) is 9.53 Å². The van der Waals surface area contributed by atoms with Crippen molar-refractivity contribution in [1.82, 2.24) is 0 Å². The van der Waals surface area contributed by atoms with E-state index in [-0.39, 0.29) is 11.5 Å². The molecule has 1 heterocycles. The Balaban J connectivity index is 1.58. The number of carbonyl (C=O) groups excluding carboxylic acids is 3. The van der Waals surface area contributed by atoms with Crippen LogP contribution in [0, 0.1) is 0 Å². The fourth-order valence-corrected chi connectivity index (χ4v) is 3.38. The Bertz CT molecular complexity index is 1080. The first kappa shape index (κ1) is 22.3. The van der Waals surface area contributed by atoms with Crippen molar-refractivity contribution < 1.29 is 23.9 Å². The second kappa shape index (κ2) is 10.1. The number of carbonyl (C=O) groups is 3. The molecule has 9 heteroatoms. The number of amides is 2. The SMILES string of the molecule is COc1ccc(Cl)cc1NC(=O)C(C)OC(=O)c1ccc(NC(=O)c2cccs2)cc1. The van der Waals surface area contributed by atoms with E-state index in [4.69, 9.17) is 21.1 Å². The molecule has 0 aliphatic heterocycles. The number of esters is 1. The highest BCUT2D eigenvalue weighted by Crippen LogP contribution is 2.28. The quantitative estimate of drug-likeness (QED) is 0.494. The Labute approximate surface area is 187 Å². The third-order valence-corrected chi connectivity index (χ3v) is 5.30. The molecule has 0 saturated carbocycles. The Kier molecular flexibility index (Phi) is 7.28. The minimum atomic E-state index is -1.06. The van der Waals surface area contributed by atoms with Gasteiger partial charge in [0, 0.05) is 10.7 Å². The predicted octanol–water partition coefficient (Wildman–Crippen LogP) is 4.85. The maximum Gasteiger partial charge on any atom is 0.338 e. The number of halogens is 1. The van der Waals surface area contributed by atoms with Crippen LogP contribution < -0.4 is 15.4 Å². The molecule has 1 aromatic heterocycles. The van der Waals surface area contributed by atoms with Crippen LogP contribution in [0.15, 0.2) is 60.0 Å². The van der Waals surface area contributed by atoms with Crippen LogP contribution >= 0.6 is 22.9 Å². The number of hydrogen-bond donors (Lipinski definition) is 2. The largest absolute Gasteiger partial charge is 0.495 e. The van der Waals surface area contributed by atoms with E-state index < -0.39 is 18.0 Å². The van der Waals surface area contributed by atoms with Crippen molar-refractivity contribution in [2.45, 2.75) is 13.0 Å². The summed E-state index contributed by atoms with van der Waals surface area (Å²) >= 11 is 7.29. The number of methoxy groups -OCH3 is 1. The molecule has 2 amide bonds. The molecule has 0 bridgehead atoms. The van der Waals surface area contributed by atoms with Gasteiger partial charge in [0.25, 0.3) is 11.8 Å². The van der Waals surface area contributed by atoms with Gasteiger partial charge in [-0.05, 0) is 60.8 Å². The number of rotatable bonds is 7. The smallest absolute Gasteiger partial charge is 0.338 e. The number of benzene rings is 2. The molecule has 0 saturated heterocycles. The lowest BCUT2D eigenvalue weighted by atomic mass is 10.2. The molecule has 1 unspecified atom stereocenters. The van der Waals surface area contributed by atoms with E-state index in [0.29, 0.717) is 27.0 Å². The summed E-state index contributed by atoms with van der Waals surface area (Å²) in [5, 5.41) is 7.61. The second-order valence-corrected chi connectivity index (χ2v) is 7.77. The van der Waals surface area contributed by atoms with Crippen LogP contribution in [0.4, 0.5) is 11.4 Å². The lowest BCUT2D eigenvalue weighted by Gasteiger charge is -2.15. The molecule has 2 aromatic carbocycles. The fourth-order valence-electron chi connectivity index (χ4n) is 2.58. The van der Waals surface area contributed by atoms with E-state index >= 15 is 0 Å². The monoisotopic (exact) mass is 458 g/mol. The van der Waals surface area contributed by atoms with Crippen molar-refractivity contribution >= 4 is 52.1 Å². The van der Waals surface area contributed by atoms with Crippen LogP contribution in [0.25, 0.3) is 0 Å². The third-order valence-electron chi connectivity index (χ3n) is 4.20. The lowest BCUT2D eigenvalue weighted by molar-refractivity contribution is -0.123. The minimum absolute atomic E-state index is 0.230. The fraction of sp³-hybridized carbons (Fsp3) is 0.136. The van der Waals surface area contributed by atoms with Gasteiger partial charge in [-0.25, -0.2) is 4.79 Å². The zero-order chi connectivity index (χ0) is 22.4. The minimum Gasteiger partial charge on any atom is -0.495 e. The van der Waals surface area contributed by atoms with Crippen molar-refractivity contribution in [3.05, 3.63) is 75.4 Å². The molecule has 0 aliphatic carbocycles. The first-order valence-electron chi connectivity index (χ1n) is 9.17. The van der Waals surface area contributed by atoms with Gasteiger partial charge in [-0.1, -0.05) is 17.7 Å². The van der Waals surface area contributed by atoms with Crippen molar-refractivity contribution in [3.8, 4) is 5.75 Å². The summed E-state index contributed by atoms with van der Waals surface area (Å²) in [7, 11) is 1.47. The van der Waals surface area contributed by atoms with Gasteiger partial charge < -0.3 is 20.1 Å².